The van der Waals surface area contributed by atoms with E-state index in [2.05, 4.69) is 10.3 Å². The third-order valence-electron chi connectivity index (χ3n) is 2.57. The standard InChI is InChI=1S/C12H12ClFN2S/c1-7(15-2)11-6-17-12(16-11)8-3-4-9(13)10(14)5-8/h3-7,15H,1-2H3. The molecule has 0 aliphatic carbocycles. The van der Waals surface area contributed by atoms with Crippen molar-refractivity contribution in [3.63, 3.8) is 0 Å². The molecule has 1 unspecified atom stereocenters. The monoisotopic (exact) mass is 270 g/mol. The van der Waals surface area contributed by atoms with Crippen molar-refractivity contribution in [2.75, 3.05) is 7.05 Å². The lowest BCUT2D eigenvalue weighted by Crippen LogP contribution is -2.12. The van der Waals surface area contributed by atoms with Crippen molar-refractivity contribution in [1.82, 2.24) is 10.3 Å². The van der Waals surface area contributed by atoms with Gasteiger partial charge in [-0.3, -0.25) is 0 Å². The van der Waals surface area contributed by atoms with Crippen molar-refractivity contribution in [3.8, 4) is 10.6 Å². The molecule has 0 saturated carbocycles. The molecule has 0 fully saturated rings. The van der Waals surface area contributed by atoms with Gasteiger partial charge in [-0.1, -0.05) is 17.7 Å². The fourth-order valence-electron chi connectivity index (χ4n) is 1.39. The molecule has 1 aromatic heterocycles. The average molecular weight is 271 g/mol. The van der Waals surface area contributed by atoms with Gasteiger partial charge in [-0.25, -0.2) is 9.37 Å². The lowest BCUT2D eigenvalue weighted by molar-refractivity contribution is 0.628. The Hall–Kier alpha value is -0.970. The summed E-state index contributed by atoms with van der Waals surface area (Å²) in [5, 5.41) is 6.03. The molecule has 5 heteroatoms. The third-order valence-corrected chi connectivity index (χ3v) is 3.78. The number of hydrogen-bond acceptors (Lipinski definition) is 3. The van der Waals surface area contributed by atoms with Crippen molar-refractivity contribution in [3.05, 3.63) is 40.1 Å². The van der Waals surface area contributed by atoms with Crippen LogP contribution in [0.4, 0.5) is 4.39 Å². The molecule has 0 saturated heterocycles. The summed E-state index contributed by atoms with van der Waals surface area (Å²) in [5.74, 6) is -0.414. The first-order chi connectivity index (χ1) is 8.11. The topological polar surface area (TPSA) is 24.9 Å². The Morgan fingerprint density at radius 2 is 2.24 bits per heavy atom. The molecule has 1 aromatic carbocycles. The molecule has 0 aliphatic heterocycles. The third kappa shape index (κ3) is 2.65. The van der Waals surface area contributed by atoms with Crippen molar-refractivity contribution >= 4 is 22.9 Å². The van der Waals surface area contributed by atoms with Gasteiger partial charge in [-0.05, 0) is 26.1 Å². The lowest BCUT2D eigenvalue weighted by atomic mass is 10.2. The smallest absolute Gasteiger partial charge is 0.142 e. The molecule has 0 amide bonds. The van der Waals surface area contributed by atoms with Crippen LogP contribution in [-0.2, 0) is 0 Å². The van der Waals surface area contributed by atoms with Crippen LogP contribution in [0.25, 0.3) is 10.6 Å². The van der Waals surface area contributed by atoms with Crippen LogP contribution in [0.3, 0.4) is 0 Å². The van der Waals surface area contributed by atoms with Crippen molar-refractivity contribution in [2.45, 2.75) is 13.0 Å². The molecular formula is C12H12ClFN2S. The second-order valence-electron chi connectivity index (χ2n) is 3.72. The fraction of sp³-hybridized carbons (Fsp3) is 0.250. The zero-order valence-electron chi connectivity index (χ0n) is 9.50. The average Bonchev–Trinajstić information content (AvgIpc) is 2.81. The van der Waals surface area contributed by atoms with Gasteiger partial charge in [0.15, 0.2) is 0 Å². The minimum absolute atomic E-state index is 0.133. The van der Waals surface area contributed by atoms with Crippen molar-refractivity contribution in [1.29, 1.82) is 0 Å². The molecule has 1 heterocycles. The molecule has 0 aliphatic rings. The van der Waals surface area contributed by atoms with Gasteiger partial charge in [-0.15, -0.1) is 11.3 Å². The van der Waals surface area contributed by atoms with Crippen LogP contribution in [0.5, 0.6) is 0 Å². The molecule has 2 rings (SSSR count). The summed E-state index contributed by atoms with van der Waals surface area (Å²) in [6.07, 6.45) is 0. The maximum absolute atomic E-state index is 13.3. The van der Waals surface area contributed by atoms with Gasteiger partial charge in [0.05, 0.1) is 10.7 Å². The molecule has 17 heavy (non-hydrogen) atoms. The van der Waals surface area contributed by atoms with Crippen LogP contribution >= 0.6 is 22.9 Å². The number of halogens is 2. The highest BCUT2D eigenvalue weighted by Crippen LogP contribution is 2.28. The molecule has 0 bridgehead atoms. The van der Waals surface area contributed by atoms with Crippen LogP contribution in [0, 0.1) is 5.82 Å². The summed E-state index contributed by atoms with van der Waals surface area (Å²) in [6.45, 7) is 2.03. The van der Waals surface area contributed by atoms with Gasteiger partial charge in [0.1, 0.15) is 10.8 Å². The van der Waals surface area contributed by atoms with Gasteiger partial charge in [0, 0.05) is 17.0 Å². The van der Waals surface area contributed by atoms with Crippen LogP contribution in [0.15, 0.2) is 23.6 Å². The molecule has 1 atom stereocenters. The minimum Gasteiger partial charge on any atom is -0.312 e. The maximum atomic E-state index is 13.3. The Morgan fingerprint density at radius 1 is 1.47 bits per heavy atom. The van der Waals surface area contributed by atoms with Crippen molar-refractivity contribution in [2.24, 2.45) is 0 Å². The molecule has 90 valence electrons. The van der Waals surface area contributed by atoms with E-state index in [4.69, 9.17) is 11.6 Å². The quantitative estimate of drug-likeness (QED) is 0.915. The summed E-state index contributed by atoms with van der Waals surface area (Å²) in [7, 11) is 1.88. The van der Waals surface area contributed by atoms with Crippen LogP contribution in [0.1, 0.15) is 18.7 Å². The van der Waals surface area contributed by atoms with Gasteiger partial charge in [0.25, 0.3) is 0 Å². The van der Waals surface area contributed by atoms with Crippen molar-refractivity contribution < 1.29 is 4.39 Å². The predicted octanol–water partition coefficient (Wildman–Crippen LogP) is 3.88. The first-order valence-electron chi connectivity index (χ1n) is 5.20. The predicted molar refractivity (Wildman–Crippen MR) is 70.0 cm³/mol. The second-order valence-corrected chi connectivity index (χ2v) is 4.98. The Kier molecular flexibility index (Phi) is 3.76. The number of hydrogen-bond donors (Lipinski definition) is 1. The van der Waals surface area contributed by atoms with Gasteiger partial charge < -0.3 is 5.32 Å². The van der Waals surface area contributed by atoms with Gasteiger partial charge in [-0.2, -0.15) is 0 Å². The highest BCUT2D eigenvalue weighted by atomic mass is 35.5. The fourth-order valence-corrected chi connectivity index (χ4v) is 2.42. The number of aromatic nitrogens is 1. The molecule has 2 aromatic rings. The number of benzene rings is 1. The van der Waals surface area contributed by atoms with Crippen LogP contribution in [-0.4, -0.2) is 12.0 Å². The first-order valence-corrected chi connectivity index (χ1v) is 6.45. The molecular weight excluding hydrogens is 259 g/mol. The summed E-state index contributed by atoms with van der Waals surface area (Å²) < 4.78 is 13.3. The van der Waals surface area contributed by atoms with E-state index in [9.17, 15) is 4.39 Å². The maximum Gasteiger partial charge on any atom is 0.142 e. The first kappa shape index (κ1) is 12.5. The van der Waals surface area contributed by atoms with E-state index < -0.39 is 5.82 Å². The lowest BCUT2D eigenvalue weighted by Gasteiger charge is -2.05. The summed E-state index contributed by atoms with van der Waals surface area (Å²) in [4.78, 5) is 4.47. The summed E-state index contributed by atoms with van der Waals surface area (Å²) in [5.41, 5.74) is 1.72. The Labute approximate surface area is 108 Å². The van der Waals surface area contributed by atoms with Gasteiger partial charge in [0.2, 0.25) is 0 Å². The molecule has 1 N–H and O–H groups in total. The molecule has 2 nitrogen and oxygen atoms in total. The Balaban J connectivity index is 2.33. The van der Waals surface area contributed by atoms with E-state index in [1.54, 1.807) is 12.1 Å². The second kappa shape index (κ2) is 5.12. The number of rotatable bonds is 3. The van der Waals surface area contributed by atoms with E-state index in [0.717, 1.165) is 16.3 Å². The largest absolute Gasteiger partial charge is 0.312 e. The van der Waals surface area contributed by atoms with E-state index in [1.807, 2.05) is 19.4 Å². The molecule has 0 radical (unpaired) electrons. The summed E-state index contributed by atoms with van der Waals surface area (Å²) >= 11 is 7.14. The zero-order valence-corrected chi connectivity index (χ0v) is 11.1. The number of nitrogens with one attached hydrogen (secondary N) is 1. The van der Waals surface area contributed by atoms with Crippen LogP contribution in [0.2, 0.25) is 5.02 Å². The van der Waals surface area contributed by atoms with E-state index >= 15 is 0 Å². The minimum atomic E-state index is -0.414. The zero-order chi connectivity index (χ0) is 12.4. The summed E-state index contributed by atoms with van der Waals surface area (Å²) in [6, 6.07) is 4.93. The van der Waals surface area contributed by atoms with E-state index in [0.29, 0.717) is 0 Å². The van der Waals surface area contributed by atoms with E-state index in [-0.39, 0.29) is 11.1 Å². The van der Waals surface area contributed by atoms with Crippen LogP contribution < -0.4 is 5.32 Å². The number of thiazole rings is 1. The Morgan fingerprint density at radius 3 is 2.88 bits per heavy atom. The van der Waals surface area contributed by atoms with E-state index in [1.165, 1.54) is 17.4 Å². The SMILES string of the molecule is CNC(C)c1csc(-c2ccc(Cl)c(F)c2)n1. The van der Waals surface area contributed by atoms with Gasteiger partial charge >= 0.3 is 0 Å². The molecule has 0 spiro atoms. The highest BCUT2D eigenvalue weighted by Gasteiger charge is 2.10. The number of nitrogens with zero attached hydrogens (tertiary/aromatic N) is 1. The highest BCUT2D eigenvalue weighted by molar-refractivity contribution is 7.13. The normalized spacial score (nSPS) is 12.7. The Bertz CT molecular complexity index is 527.